The van der Waals surface area contributed by atoms with Gasteiger partial charge >= 0.3 is 5.97 Å². The number of fused-ring (bicyclic) bond motifs is 3. The Kier molecular flexibility index (Phi) is 2.85. The van der Waals surface area contributed by atoms with Crippen molar-refractivity contribution < 1.29 is 9.90 Å². The van der Waals surface area contributed by atoms with Gasteiger partial charge in [-0.1, -0.05) is 11.6 Å². The van der Waals surface area contributed by atoms with E-state index in [0.29, 0.717) is 0 Å². The third-order valence-electron chi connectivity index (χ3n) is 4.31. The lowest BCUT2D eigenvalue weighted by Gasteiger charge is -2.22. The van der Waals surface area contributed by atoms with Gasteiger partial charge in [-0.25, -0.2) is 0 Å². The van der Waals surface area contributed by atoms with Crippen LogP contribution in [-0.2, 0) is 18.3 Å². The SMILES string of the molecule is Cc1ccc2c(c1)c1c(n2C)CCCC1CC(=O)O. The van der Waals surface area contributed by atoms with Crippen LogP contribution >= 0.6 is 0 Å². The summed E-state index contributed by atoms with van der Waals surface area (Å²) in [6.45, 7) is 2.09. The van der Waals surface area contributed by atoms with Gasteiger partial charge in [-0.2, -0.15) is 0 Å². The molecule has 100 valence electrons. The van der Waals surface area contributed by atoms with Crippen LogP contribution in [0.2, 0.25) is 0 Å². The smallest absolute Gasteiger partial charge is 0.303 e. The molecule has 0 saturated heterocycles. The average molecular weight is 257 g/mol. The van der Waals surface area contributed by atoms with Crippen LogP contribution < -0.4 is 0 Å². The molecule has 1 N–H and O–H groups in total. The lowest BCUT2D eigenvalue weighted by Crippen LogP contribution is -2.14. The van der Waals surface area contributed by atoms with Gasteiger partial charge in [0.05, 0.1) is 6.42 Å². The minimum atomic E-state index is -0.692. The Morgan fingerprint density at radius 1 is 1.47 bits per heavy atom. The summed E-state index contributed by atoms with van der Waals surface area (Å²) >= 11 is 0. The van der Waals surface area contributed by atoms with Crippen molar-refractivity contribution in [1.82, 2.24) is 4.57 Å². The van der Waals surface area contributed by atoms with Gasteiger partial charge in [0.1, 0.15) is 0 Å². The van der Waals surface area contributed by atoms with Crippen molar-refractivity contribution in [1.29, 1.82) is 0 Å². The molecule has 1 heterocycles. The lowest BCUT2D eigenvalue weighted by atomic mass is 9.83. The summed E-state index contributed by atoms with van der Waals surface area (Å²) in [5.41, 5.74) is 5.08. The molecule has 1 unspecified atom stereocenters. The molecule has 3 heteroatoms. The van der Waals surface area contributed by atoms with Gasteiger partial charge in [-0.3, -0.25) is 4.79 Å². The molecule has 1 atom stereocenters. The highest BCUT2D eigenvalue weighted by Crippen LogP contribution is 2.40. The molecule has 0 saturated carbocycles. The Morgan fingerprint density at radius 2 is 2.26 bits per heavy atom. The Labute approximate surface area is 112 Å². The maximum atomic E-state index is 11.1. The number of carboxylic acids is 1. The van der Waals surface area contributed by atoms with E-state index in [1.165, 1.54) is 27.7 Å². The monoisotopic (exact) mass is 257 g/mol. The summed E-state index contributed by atoms with van der Waals surface area (Å²) in [6, 6.07) is 6.48. The van der Waals surface area contributed by atoms with Crippen LogP contribution in [0.3, 0.4) is 0 Å². The van der Waals surface area contributed by atoms with Crippen LogP contribution in [0.5, 0.6) is 0 Å². The molecule has 1 aliphatic rings. The number of aromatic nitrogens is 1. The van der Waals surface area contributed by atoms with Gasteiger partial charge in [0.25, 0.3) is 0 Å². The number of carboxylic acid groups (broad SMARTS) is 1. The minimum absolute atomic E-state index is 0.173. The molecular weight excluding hydrogens is 238 g/mol. The number of carbonyl (C=O) groups is 1. The zero-order valence-corrected chi connectivity index (χ0v) is 11.4. The molecule has 0 fully saturated rings. The number of nitrogens with zero attached hydrogens (tertiary/aromatic N) is 1. The van der Waals surface area contributed by atoms with Gasteiger partial charge in [-0.15, -0.1) is 0 Å². The summed E-state index contributed by atoms with van der Waals surface area (Å²) in [4.78, 5) is 11.1. The van der Waals surface area contributed by atoms with Crippen LogP contribution in [0.15, 0.2) is 18.2 Å². The first kappa shape index (κ1) is 12.3. The van der Waals surface area contributed by atoms with Crippen molar-refractivity contribution in [2.24, 2.45) is 7.05 Å². The zero-order chi connectivity index (χ0) is 13.6. The fourth-order valence-electron chi connectivity index (χ4n) is 3.47. The number of rotatable bonds is 2. The molecule has 0 aliphatic heterocycles. The highest BCUT2D eigenvalue weighted by Gasteiger charge is 2.27. The molecule has 0 radical (unpaired) electrons. The number of aryl methyl sites for hydroxylation is 2. The molecule has 19 heavy (non-hydrogen) atoms. The van der Waals surface area contributed by atoms with Gasteiger partial charge in [0, 0.05) is 23.6 Å². The van der Waals surface area contributed by atoms with Crippen LogP contribution in [0, 0.1) is 6.92 Å². The van der Waals surface area contributed by atoms with Gasteiger partial charge in [0.15, 0.2) is 0 Å². The molecule has 1 aromatic carbocycles. The molecule has 1 aromatic heterocycles. The summed E-state index contributed by atoms with van der Waals surface area (Å²) < 4.78 is 2.25. The van der Waals surface area contributed by atoms with Crippen LogP contribution in [0.25, 0.3) is 10.9 Å². The fourth-order valence-corrected chi connectivity index (χ4v) is 3.47. The molecule has 3 nitrogen and oxygen atoms in total. The van der Waals surface area contributed by atoms with Crippen molar-refractivity contribution in [2.75, 3.05) is 0 Å². The first-order chi connectivity index (χ1) is 9.08. The second-order valence-electron chi connectivity index (χ2n) is 5.63. The predicted molar refractivity (Wildman–Crippen MR) is 75.6 cm³/mol. The number of benzene rings is 1. The van der Waals surface area contributed by atoms with Crippen molar-refractivity contribution in [3.05, 3.63) is 35.0 Å². The van der Waals surface area contributed by atoms with Crippen molar-refractivity contribution >= 4 is 16.9 Å². The maximum Gasteiger partial charge on any atom is 0.303 e. The van der Waals surface area contributed by atoms with Crippen LogP contribution in [0.1, 0.15) is 42.0 Å². The normalized spacial score (nSPS) is 18.5. The van der Waals surface area contributed by atoms with Gasteiger partial charge in [0.2, 0.25) is 0 Å². The standard InChI is InChI=1S/C16H19NO2/c1-10-6-7-13-12(8-10)16-11(9-15(18)19)4-3-5-14(16)17(13)2/h6-8,11H,3-5,9H2,1-2H3,(H,18,19). The number of hydrogen-bond donors (Lipinski definition) is 1. The van der Waals surface area contributed by atoms with E-state index in [2.05, 4.69) is 36.7 Å². The lowest BCUT2D eigenvalue weighted by molar-refractivity contribution is -0.137. The van der Waals surface area contributed by atoms with E-state index >= 15 is 0 Å². The Hall–Kier alpha value is -1.77. The Morgan fingerprint density at radius 3 is 3.00 bits per heavy atom. The number of aliphatic carboxylic acids is 1. The molecule has 0 spiro atoms. The fraction of sp³-hybridized carbons (Fsp3) is 0.438. The summed E-state index contributed by atoms with van der Waals surface area (Å²) in [5.74, 6) is -0.519. The minimum Gasteiger partial charge on any atom is -0.481 e. The van der Waals surface area contributed by atoms with Crippen molar-refractivity contribution in [2.45, 2.75) is 38.5 Å². The van der Waals surface area contributed by atoms with Crippen LogP contribution in [-0.4, -0.2) is 15.6 Å². The van der Waals surface area contributed by atoms with Gasteiger partial charge in [-0.05, 0) is 49.8 Å². The Bertz CT molecular complexity index is 654. The van der Waals surface area contributed by atoms with Crippen LogP contribution in [0.4, 0.5) is 0 Å². The molecule has 2 aromatic rings. The van der Waals surface area contributed by atoms with Gasteiger partial charge < -0.3 is 9.67 Å². The third kappa shape index (κ3) is 1.93. The van der Waals surface area contributed by atoms with E-state index in [1.807, 2.05) is 0 Å². The largest absolute Gasteiger partial charge is 0.481 e. The number of hydrogen-bond acceptors (Lipinski definition) is 1. The van der Waals surface area contributed by atoms with E-state index in [4.69, 9.17) is 5.11 Å². The first-order valence-corrected chi connectivity index (χ1v) is 6.87. The predicted octanol–water partition coefficient (Wildman–Crippen LogP) is 3.38. The molecule has 1 aliphatic carbocycles. The molecule has 0 amide bonds. The van der Waals surface area contributed by atoms with E-state index in [0.717, 1.165) is 19.3 Å². The highest BCUT2D eigenvalue weighted by atomic mass is 16.4. The summed E-state index contributed by atoms with van der Waals surface area (Å²) in [7, 11) is 2.10. The molecule has 0 bridgehead atoms. The second-order valence-corrected chi connectivity index (χ2v) is 5.63. The quantitative estimate of drug-likeness (QED) is 0.896. The third-order valence-corrected chi connectivity index (χ3v) is 4.31. The summed E-state index contributed by atoms with van der Waals surface area (Å²) in [6.07, 6.45) is 3.40. The van der Waals surface area contributed by atoms with E-state index < -0.39 is 5.97 Å². The zero-order valence-electron chi connectivity index (χ0n) is 11.4. The van der Waals surface area contributed by atoms with E-state index in [1.54, 1.807) is 0 Å². The molecule has 3 rings (SSSR count). The summed E-state index contributed by atoms with van der Waals surface area (Å²) in [5, 5.41) is 10.4. The topological polar surface area (TPSA) is 42.2 Å². The highest BCUT2D eigenvalue weighted by molar-refractivity contribution is 5.87. The Balaban J connectivity index is 2.23. The van der Waals surface area contributed by atoms with E-state index in [-0.39, 0.29) is 12.3 Å². The molecular formula is C16H19NO2. The maximum absolute atomic E-state index is 11.1. The van der Waals surface area contributed by atoms with E-state index in [9.17, 15) is 4.79 Å². The second kappa shape index (κ2) is 4.41. The first-order valence-electron chi connectivity index (χ1n) is 6.87. The van der Waals surface area contributed by atoms with Crippen molar-refractivity contribution in [3.8, 4) is 0 Å². The van der Waals surface area contributed by atoms with Crippen molar-refractivity contribution in [3.63, 3.8) is 0 Å². The average Bonchev–Trinajstić information content (AvgIpc) is 2.63.